The van der Waals surface area contributed by atoms with Gasteiger partial charge in [0, 0.05) is 68.7 Å². The van der Waals surface area contributed by atoms with Gasteiger partial charge >= 0.3 is 6.01 Å². The number of hydrogen-bond acceptors (Lipinski definition) is 8. The summed E-state index contributed by atoms with van der Waals surface area (Å²) in [6.45, 7) is 5.51. The van der Waals surface area contributed by atoms with E-state index in [1.807, 2.05) is 19.1 Å². The molecule has 170 valence electrons. The monoisotopic (exact) mass is 447 g/mol. The molecule has 1 aliphatic carbocycles. The molecule has 4 heterocycles. The van der Waals surface area contributed by atoms with E-state index in [1.54, 1.807) is 19.3 Å². The fourth-order valence-electron chi connectivity index (χ4n) is 4.92. The highest BCUT2D eigenvalue weighted by atomic mass is 19.1. The van der Waals surface area contributed by atoms with Gasteiger partial charge in [-0.25, -0.2) is 4.39 Å². The second-order valence-corrected chi connectivity index (χ2v) is 9.07. The van der Waals surface area contributed by atoms with Gasteiger partial charge in [-0.1, -0.05) is 0 Å². The fourth-order valence-corrected chi connectivity index (χ4v) is 4.92. The molecule has 2 aliphatic heterocycles. The second kappa shape index (κ2) is 7.64. The van der Waals surface area contributed by atoms with Crippen molar-refractivity contribution in [1.29, 1.82) is 0 Å². The van der Waals surface area contributed by atoms with E-state index in [-0.39, 0.29) is 17.9 Å². The molecule has 0 atom stereocenters. The van der Waals surface area contributed by atoms with Gasteiger partial charge < -0.3 is 20.7 Å². The normalized spacial score (nSPS) is 17.9. The molecular formula is C24H26FN7O. The molecule has 0 spiro atoms. The first-order valence-corrected chi connectivity index (χ1v) is 11.2. The van der Waals surface area contributed by atoms with Crippen molar-refractivity contribution in [3.8, 4) is 22.9 Å². The summed E-state index contributed by atoms with van der Waals surface area (Å²) >= 11 is 0. The highest BCUT2D eigenvalue weighted by Gasteiger charge is 2.40. The molecule has 8 nitrogen and oxygen atoms in total. The van der Waals surface area contributed by atoms with Crippen molar-refractivity contribution in [3.63, 3.8) is 0 Å². The minimum Gasteiger partial charge on any atom is -0.423 e. The molecule has 1 aromatic carbocycles. The molecule has 33 heavy (non-hydrogen) atoms. The van der Waals surface area contributed by atoms with Crippen LogP contribution in [0.4, 0.5) is 15.9 Å². The first-order chi connectivity index (χ1) is 16.0. The molecule has 0 unspecified atom stereocenters. The van der Waals surface area contributed by atoms with Crippen molar-refractivity contribution in [2.24, 2.45) is 5.73 Å². The molecular weight excluding hydrogens is 421 g/mol. The maximum atomic E-state index is 14.4. The van der Waals surface area contributed by atoms with E-state index in [2.05, 4.69) is 20.1 Å². The van der Waals surface area contributed by atoms with E-state index in [1.165, 1.54) is 6.07 Å². The molecule has 2 fully saturated rings. The zero-order valence-corrected chi connectivity index (χ0v) is 18.7. The smallest absolute Gasteiger partial charge is 0.324 e. The Hall–Kier alpha value is -3.30. The number of halogens is 1. The van der Waals surface area contributed by atoms with E-state index < -0.39 is 0 Å². The zero-order valence-electron chi connectivity index (χ0n) is 18.7. The van der Waals surface area contributed by atoms with Crippen LogP contribution in [0.5, 0.6) is 11.8 Å². The van der Waals surface area contributed by atoms with Crippen LogP contribution < -0.4 is 20.7 Å². The first kappa shape index (κ1) is 20.3. The average molecular weight is 448 g/mol. The Kier molecular flexibility index (Phi) is 4.70. The number of pyridine rings is 1. The molecule has 0 radical (unpaired) electrons. The lowest BCUT2D eigenvalue weighted by Crippen LogP contribution is -2.68. The van der Waals surface area contributed by atoms with Gasteiger partial charge in [0.05, 0.1) is 11.9 Å². The maximum Gasteiger partial charge on any atom is 0.324 e. The van der Waals surface area contributed by atoms with Crippen molar-refractivity contribution in [2.45, 2.75) is 25.4 Å². The molecule has 3 aliphatic rings. The summed E-state index contributed by atoms with van der Waals surface area (Å²) in [7, 11) is 1.81. The van der Waals surface area contributed by atoms with Gasteiger partial charge in [0.15, 0.2) is 0 Å². The van der Waals surface area contributed by atoms with Crippen LogP contribution in [0.25, 0.3) is 11.1 Å². The largest absolute Gasteiger partial charge is 0.423 e. The van der Waals surface area contributed by atoms with Gasteiger partial charge in [-0.05, 0) is 42.3 Å². The van der Waals surface area contributed by atoms with E-state index in [0.717, 1.165) is 65.8 Å². The lowest BCUT2D eigenvalue weighted by atomic mass is 9.98. The summed E-state index contributed by atoms with van der Waals surface area (Å²) in [5.41, 5.74) is 11.3. The molecule has 2 saturated heterocycles. The predicted octanol–water partition coefficient (Wildman–Crippen LogP) is 2.56. The lowest BCUT2D eigenvalue weighted by Gasteiger charge is -2.51. The number of likely N-dealkylation sites (tertiary alicyclic amines) is 1. The summed E-state index contributed by atoms with van der Waals surface area (Å²) in [4.78, 5) is 18.4. The molecule has 2 aromatic heterocycles. The first-order valence-electron chi connectivity index (χ1n) is 11.2. The number of hydrogen-bond donors (Lipinski definition) is 2. The second-order valence-electron chi connectivity index (χ2n) is 9.07. The van der Waals surface area contributed by atoms with Crippen molar-refractivity contribution < 1.29 is 9.13 Å². The van der Waals surface area contributed by atoms with Crippen LogP contribution in [-0.2, 0) is 6.42 Å². The Labute approximate surface area is 191 Å². The number of nitrogens with zero attached hydrogens (tertiary/aromatic N) is 5. The molecule has 6 rings (SSSR count). The third kappa shape index (κ3) is 3.48. The summed E-state index contributed by atoms with van der Waals surface area (Å²) < 4.78 is 20.4. The molecule has 0 bridgehead atoms. The Balaban J connectivity index is 1.38. The highest BCUT2D eigenvalue weighted by Crippen LogP contribution is 2.46. The highest BCUT2D eigenvalue weighted by molar-refractivity contribution is 5.88. The average Bonchev–Trinajstić information content (AvgIpc) is 3.10. The standard InChI is InChI=1S/C24H26FN7O/c1-13-3-4-17(8-28-13)33-24-29-21-7-18-19(5-14(25)6-20(18)27-2)22(21)23(30-24)32-11-16(12-32)31-9-15(26)10-31/h3-6,8,15-16,27H,7,9-12,26H2,1-2H3. The van der Waals surface area contributed by atoms with E-state index in [0.29, 0.717) is 18.2 Å². The molecule has 9 heteroatoms. The Bertz CT molecular complexity index is 1220. The van der Waals surface area contributed by atoms with Gasteiger partial charge in [-0.3, -0.25) is 9.88 Å². The number of nitrogens with two attached hydrogens (primary N) is 1. The van der Waals surface area contributed by atoms with Gasteiger partial charge in [-0.15, -0.1) is 0 Å². The van der Waals surface area contributed by atoms with Crippen LogP contribution in [0.3, 0.4) is 0 Å². The van der Waals surface area contributed by atoms with Crippen LogP contribution in [0, 0.1) is 12.7 Å². The fraction of sp³-hybridized carbons (Fsp3) is 0.375. The van der Waals surface area contributed by atoms with Crippen molar-refractivity contribution >= 4 is 11.5 Å². The molecule has 0 saturated carbocycles. The van der Waals surface area contributed by atoms with E-state index >= 15 is 0 Å². The minimum atomic E-state index is -0.279. The number of ether oxygens (including phenoxy) is 1. The van der Waals surface area contributed by atoms with Crippen molar-refractivity contribution in [3.05, 3.63) is 53.2 Å². The minimum absolute atomic E-state index is 0.278. The van der Waals surface area contributed by atoms with Crippen LogP contribution in [0.2, 0.25) is 0 Å². The topological polar surface area (TPSA) is 92.4 Å². The molecule has 0 amide bonds. The third-order valence-corrected chi connectivity index (χ3v) is 6.75. The number of anilines is 2. The summed E-state index contributed by atoms with van der Waals surface area (Å²) in [5.74, 6) is 1.10. The predicted molar refractivity (Wildman–Crippen MR) is 124 cm³/mol. The Morgan fingerprint density at radius 1 is 1.15 bits per heavy atom. The number of nitrogens with one attached hydrogen (secondary N) is 1. The summed E-state index contributed by atoms with van der Waals surface area (Å²) in [5, 5.41) is 3.12. The Morgan fingerprint density at radius 3 is 2.67 bits per heavy atom. The number of aryl methyl sites for hydroxylation is 1. The number of fused-ring (bicyclic) bond motifs is 3. The summed E-state index contributed by atoms with van der Waals surface area (Å²) in [6, 6.07) is 7.88. The Morgan fingerprint density at radius 2 is 1.97 bits per heavy atom. The van der Waals surface area contributed by atoms with Crippen LogP contribution >= 0.6 is 0 Å². The van der Waals surface area contributed by atoms with Crippen LogP contribution in [0.1, 0.15) is 17.0 Å². The SMILES string of the molecule is CNc1cc(F)cc2c1Cc1nc(Oc3ccc(C)nc3)nc(N3CC(N4CC(N)C4)C3)c1-2. The van der Waals surface area contributed by atoms with Gasteiger partial charge in [0.1, 0.15) is 17.4 Å². The van der Waals surface area contributed by atoms with E-state index in [4.69, 9.17) is 20.4 Å². The maximum absolute atomic E-state index is 14.4. The summed E-state index contributed by atoms with van der Waals surface area (Å²) in [6.07, 6.45) is 2.26. The van der Waals surface area contributed by atoms with Crippen LogP contribution in [0.15, 0.2) is 30.5 Å². The number of aromatic nitrogens is 3. The van der Waals surface area contributed by atoms with Crippen LogP contribution in [-0.4, -0.2) is 65.2 Å². The molecule has 3 aromatic rings. The van der Waals surface area contributed by atoms with Gasteiger partial charge in [0.2, 0.25) is 0 Å². The van der Waals surface area contributed by atoms with Gasteiger partial charge in [-0.2, -0.15) is 9.97 Å². The third-order valence-electron chi connectivity index (χ3n) is 6.75. The number of rotatable bonds is 5. The lowest BCUT2D eigenvalue weighted by molar-refractivity contribution is 0.0767. The number of benzene rings is 1. The van der Waals surface area contributed by atoms with Gasteiger partial charge in [0.25, 0.3) is 0 Å². The van der Waals surface area contributed by atoms with Crippen molar-refractivity contribution in [2.75, 3.05) is 43.4 Å². The quantitative estimate of drug-likeness (QED) is 0.482. The zero-order chi connectivity index (χ0) is 22.7. The van der Waals surface area contributed by atoms with Crippen molar-refractivity contribution in [1.82, 2.24) is 19.9 Å². The molecule has 3 N–H and O–H groups in total. The van der Waals surface area contributed by atoms with E-state index in [9.17, 15) is 4.39 Å².